The van der Waals surface area contributed by atoms with E-state index >= 15 is 0 Å². The SMILES string of the molecule is CCC(C)C(NC(=O)Cc1ccccc1)C(=O)NCC(=O)N1c2cc(NC(=O)O)ccc2C[C@H]1C(=O)NCc1nn[nH]n1. The molecule has 2 aromatic carbocycles. The lowest BCUT2D eigenvalue weighted by Gasteiger charge is -2.27. The minimum Gasteiger partial charge on any atom is -0.465 e. The maximum atomic E-state index is 13.6. The van der Waals surface area contributed by atoms with Crippen LogP contribution in [0.25, 0.3) is 0 Å². The quantitative estimate of drug-likeness (QED) is 0.175. The Morgan fingerprint density at radius 2 is 1.86 bits per heavy atom. The summed E-state index contributed by atoms with van der Waals surface area (Å²) < 4.78 is 0. The highest BCUT2D eigenvalue weighted by molar-refractivity contribution is 6.06. The van der Waals surface area contributed by atoms with Crippen molar-refractivity contribution < 1.29 is 29.1 Å². The number of tetrazole rings is 1. The molecular weight excluding hydrogens is 558 g/mol. The average Bonchev–Trinajstić information content (AvgIpc) is 3.65. The Morgan fingerprint density at radius 1 is 1.09 bits per heavy atom. The van der Waals surface area contributed by atoms with Crippen LogP contribution < -0.4 is 26.2 Å². The van der Waals surface area contributed by atoms with Gasteiger partial charge in [0, 0.05) is 17.8 Å². The van der Waals surface area contributed by atoms with Gasteiger partial charge in [0.1, 0.15) is 12.1 Å². The summed E-state index contributed by atoms with van der Waals surface area (Å²) in [5, 5.41) is 32.8. The van der Waals surface area contributed by atoms with Crippen LogP contribution in [0.2, 0.25) is 0 Å². The molecule has 3 atom stereocenters. The van der Waals surface area contributed by atoms with E-state index in [9.17, 15) is 24.0 Å². The van der Waals surface area contributed by atoms with Crippen LogP contribution in [-0.4, -0.2) is 74.1 Å². The van der Waals surface area contributed by atoms with Gasteiger partial charge in [0.15, 0.2) is 5.82 Å². The van der Waals surface area contributed by atoms with Crippen molar-refractivity contribution in [3.8, 4) is 0 Å². The monoisotopic (exact) mass is 591 g/mol. The predicted molar refractivity (Wildman–Crippen MR) is 154 cm³/mol. The largest absolute Gasteiger partial charge is 0.465 e. The number of hydrogen-bond acceptors (Lipinski definition) is 8. The van der Waals surface area contributed by atoms with E-state index in [4.69, 9.17) is 5.11 Å². The molecule has 15 heteroatoms. The topological polar surface area (TPSA) is 211 Å². The van der Waals surface area contributed by atoms with Gasteiger partial charge in [0.2, 0.25) is 23.6 Å². The zero-order valence-corrected chi connectivity index (χ0v) is 23.7. The smallest absolute Gasteiger partial charge is 0.409 e. The van der Waals surface area contributed by atoms with E-state index in [1.807, 2.05) is 44.2 Å². The van der Waals surface area contributed by atoms with Crippen LogP contribution in [0.5, 0.6) is 0 Å². The van der Waals surface area contributed by atoms with Crippen LogP contribution in [0, 0.1) is 5.92 Å². The van der Waals surface area contributed by atoms with Crippen LogP contribution in [0.4, 0.5) is 16.2 Å². The molecule has 0 saturated heterocycles. The van der Waals surface area contributed by atoms with Crippen molar-refractivity contribution in [2.45, 2.75) is 51.7 Å². The summed E-state index contributed by atoms with van der Waals surface area (Å²) >= 11 is 0. The first kappa shape index (κ1) is 30.6. The number of fused-ring (bicyclic) bond motifs is 1. The molecule has 6 N–H and O–H groups in total. The number of anilines is 2. The number of aromatic nitrogens is 4. The first-order chi connectivity index (χ1) is 20.7. The van der Waals surface area contributed by atoms with Crippen molar-refractivity contribution in [3.63, 3.8) is 0 Å². The van der Waals surface area contributed by atoms with E-state index in [2.05, 4.69) is 41.9 Å². The molecule has 0 fully saturated rings. The van der Waals surface area contributed by atoms with Crippen molar-refractivity contribution in [1.29, 1.82) is 0 Å². The minimum absolute atomic E-state index is 0.0357. The number of aromatic amines is 1. The lowest BCUT2D eigenvalue weighted by Crippen LogP contribution is -2.54. The van der Waals surface area contributed by atoms with E-state index in [1.165, 1.54) is 17.0 Å². The fourth-order valence-electron chi connectivity index (χ4n) is 4.75. The van der Waals surface area contributed by atoms with Crippen molar-refractivity contribution in [3.05, 3.63) is 65.5 Å². The number of nitrogens with one attached hydrogen (secondary N) is 5. The van der Waals surface area contributed by atoms with Gasteiger partial charge >= 0.3 is 6.09 Å². The van der Waals surface area contributed by atoms with Crippen LogP contribution >= 0.6 is 0 Å². The maximum Gasteiger partial charge on any atom is 0.409 e. The second-order valence-electron chi connectivity index (χ2n) is 10.1. The molecule has 4 rings (SSSR count). The summed E-state index contributed by atoms with van der Waals surface area (Å²) in [6.45, 7) is 3.21. The number of carboxylic acid groups (broad SMARTS) is 1. The summed E-state index contributed by atoms with van der Waals surface area (Å²) in [5.74, 6) is -1.95. The van der Waals surface area contributed by atoms with Crippen LogP contribution in [0.3, 0.4) is 0 Å². The fourth-order valence-corrected chi connectivity index (χ4v) is 4.75. The Hall–Kier alpha value is -5.34. The average molecular weight is 592 g/mol. The van der Waals surface area contributed by atoms with E-state index in [0.717, 1.165) is 5.56 Å². The van der Waals surface area contributed by atoms with Gasteiger partial charge in [-0.05, 0) is 29.2 Å². The van der Waals surface area contributed by atoms with Crippen LogP contribution in [0.15, 0.2) is 48.5 Å². The third-order valence-corrected chi connectivity index (χ3v) is 7.14. The molecule has 2 unspecified atom stereocenters. The third-order valence-electron chi connectivity index (χ3n) is 7.14. The van der Waals surface area contributed by atoms with Gasteiger partial charge in [-0.2, -0.15) is 5.21 Å². The number of amides is 5. The maximum absolute atomic E-state index is 13.6. The summed E-state index contributed by atoms with van der Waals surface area (Å²) in [6.07, 6.45) is -0.439. The molecule has 1 aliphatic heterocycles. The molecule has 2 heterocycles. The van der Waals surface area contributed by atoms with Crippen molar-refractivity contribution in [2.24, 2.45) is 5.92 Å². The van der Waals surface area contributed by atoms with Crippen LogP contribution in [-0.2, 0) is 38.6 Å². The van der Waals surface area contributed by atoms with Crippen LogP contribution in [0.1, 0.15) is 37.2 Å². The molecule has 15 nitrogen and oxygen atoms in total. The van der Waals surface area contributed by atoms with E-state index in [-0.39, 0.29) is 42.7 Å². The number of nitrogens with zero attached hydrogens (tertiary/aromatic N) is 4. The van der Waals surface area contributed by atoms with E-state index in [0.29, 0.717) is 17.7 Å². The predicted octanol–water partition coefficient (Wildman–Crippen LogP) is 0.754. The number of benzene rings is 2. The molecule has 0 aliphatic carbocycles. The molecule has 5 amide bonds. The normalized spacial score (nSPS) is 15.1. The van der Waals surface area contributed by atoms with Gasteiger partial charge in [-0.15, -0.1) is 10.2 Å². The molecule has 1 aromatic heterocycles. The van der Waals surface area contributed by atoms with Gasteiger partial charge in [-0.1, -0.05) is 61.9 Å². The molecule has 0 saturated carbocycles. The summed E-state index contributed by atoms with van der Waals surface area (Å²) in [7, 11) is 0. The van der Waals surface area contributed by atoms with Crippen molar-refractivity contribution >= 4 is 41.1 Å². The highest BCUT2D eigenvalue weighted by atomic mass is 16.4. The van der Waals surface area contributed by atoms with Crippen molar-refractivity contribution in [2.75, 3.05) is 16.8 Å². The van der Waals surface area contributed by atoms with Gasteiger partial charge in [0.25, 0.3) is 0 Å². The molecule has 43 heavy (non-hydrogen) atoms. The van der Waals surface area contributed by atoms with Gasteiger partial charge in [-0.3, -0.25) is 29.4 Å². The zero-order valence-electron chi connectivity index (χ0n) is 23.7. The standard InChI is InChI=1S/C28H33N9O6/c1-3-16(2)25(32-23(38)11-17-7-5-4-6-8-17)27(41)30-15-24(39)37-20-13-19(31-28(42)43)10-9-18(20)12-21(37)26(40)29-14-22-33-35-36-34-22/h4-10,13,16,21,25,31H,3,11-12,14-15H2,1-2H3,(H,29,40)(H,30,41)(H,32,38)(H,42,43)(H,33,34,35,36)/t16?,21-,25?/m0/s1. The highest BCUT2D eigenvalue weighted by Gasteiger charge is 2.39. The number of carbonyl (C=O) groups excluding carboxylic acids is 4. The molecule has 0 bridgehead atoms. The third kappa shape index (κ3) is 7.90. The Bertz CT molecular complexity index is 1460. The molecule has 0 spiro atoms. The molecule has 226 valence electrons. The van der Waals surface area contributed by atoms with Crippen molar-refractivity contribution in [1.82, 2.24) is 36.6 Å². The number of hydrogen-bond donors (Lipinski definition) is 6. The second-order valence-corrected chi connectivity index (χ2v) is 10.1. The second kappa shape index (κ2) is 14.0. The Kier molecular flexibility index (Phi) is 9.98. The van der Waals surface area contributed by atoms with Gasteiger partial charge in [0.05, 0.1) is 19.5 Å². The van der Waals surface area contributed by atoms with E-state index in [1.54, 1.807) is 6.07 Å². The minimum atomic E-state index is -1.29. The summed E-state index contributed by atoms with van der Waals surface area (Å²) in [4.78, 5) is 65.2. The first-order valence-electron chi connectivity index (χ1n) is 13.7. The Balaban J connectivity index is 1.48. The van der Waals surface area contributed by atoms with Gasteiger partial charge in [-0.25, -0.2) is 4.79 Å². The summed E-state index contributed by atoms with van der Waals surface area (Å²) in [6, 6.07) is 11.9. The Labute approximate surface area is 246 Å². The molecule has 0 radical (unpaired) electrons. The highest BCUT2D eigenvalue weighted by Crippen LogP contribution is 2.35. The lowest BCUT2D eigenvalue weighted by molar-refractivity contribution is -0.131. The van der Waals surface area contributed by atoms with E-state index < -0.39 is 42.4 Å². The molecular formula is C28H33N9O6. The molecule has 3 aromatic rings. The Morgan fingerprint density at radius 3 is 2.53 bits per heavy atom. The zero-order chi connectivity index (χ0) is 30.9. The lowest BCUT2D eigenvalue weighted by atomic mass is 9.98. The van der Waals surface area contributed by atoms with Gasteiger partial charge < -0.3 is 21.1 Å². The molecule has 1 aliphatic rings. The number of H-pyrrole nitrogens is 1. The first-order valence-corrected chi connectivity index (χ1v) is 13.7. The number of rotatable bonds is 12. The fraction of sp³-hybridized carbons (Fsp3) is 0.357. The number of carbonyl (C=O) groups is 5. The summed E-state index contributed by atoms with van der Waals surface area (Å²) in [5.41, 5.74) is 1.98.